The molecule has 0 saturated carbocycles. The standard InChI is InChI=1S/C22H36N2O5/c1-6-9-14(5)23-20(26)19-16-11-10-13(4)17(22(28)29-8-3)18(16)21(27)24(19)15(7-2)12-25/h10-11,13-19,25H,6-9,12H2,1-5H3,(H,23,26)/t13-,14?,15+,16+,17-,18-,19+/m1/s1. The third-order valence-electron chi connectivity index (χ3n) is 6.22. The number of fused-ring (bicyclic) bond motifs is 1. The van der Waals surface area contributed by atoms with Crippen molar-refractivity contribution in [3.05, 3.63) is 12.2 Å². The molecule has 1 aliphatic heterocycles. The van der Waals surface area contributed by atoms with E-state index in [9.17, 15) is 19.5 Å². The van der Waals surface area contributed by atoms with Crippen molar-refractivity contribution in [1.29, 1.82) is 0 Å². The summed E-state index contributed by atoms with van der Waals surface area (Å²) in [4.78, 5) is 40.9. The van der Waals surface area contributed by atoms with Crippen LogP contribution in [-0.4, -0.2) is 59.1 Å². The van der Waals surface area contributed by atoms with Crippen molar-refractivity contribution in [1.82, 2.24) is 10.2 Å². The Morgan fingerprint density at radius 1 is 1.28 bits per heavy atom. The van der Waals surface area contributed by atoms with Crippen molar-refractivity contribution in [3.8, 4) is 0 Å². The number of carbonyl (C=O) groups is 3. The molecule has 0 spiro atoms. The maximum atomic E-state index is 13.5. The van der Waals surface area contributed by atoms with Crippen molar-refractivity contribution in [2.24, 2.45) is 23.7 Å². The second kappa shape index (κ2) is 10.2. The number of allylic oxidation sites excluding steroid dienone is 1. The minimum atomic E-state index is -0.732. The van der Waals surface area contributed by atoms with E-state index in [2.05, 4.69) is 12.2 Å². The van der Waals surface area contributed by atoms with Gasteiger partial charge in [0.25, 0.3) is 0 Å². The summed E-state index contributed by atoms with van der Waals surface area (Å²) in [7, 11) is 0. The van der Waals surface area contributed by atoms with Crippen LogP contribution in [0, 0.1) is 23.7 Å². The van der Waals surface area contributed by atoms with E-state index in [1.165, 1.54) is 4.90 Å². The van der Waals surface area contributed by atoms with E-state index < -0.39 is 35.8 Å². The van der Waals surface area contributed by atoms with Crippen LogP contribution in [0.25, 0.3) is 0 Å². The first kappa shape index (κ1) is 23.4. The predicted octanol–water partition coefficient (Wildman–Crippen LogP) is 1.89. The van der Waals surface area contributed by atoms with Crippen LogP contribution >= 0.6 is 0 Å². The summed E-state index contributed by atoms with van der Waals surface area (Å²) in [6, 6.07) is -1.20. The third-order valence-corrected chi connectivity index (χ3v) is 6.22. The highest BCUT2D eigenvalue weighted by molar-refractivity contribution is 5.96. The van der Waals surface area contributed by atoms with E-state index >= 15 is 0 Å². The van der Waals surface area contributed by atoms with Crippen LogP contribution in [0.4, 0.5) is 0 Å². The molecule has 1 heterocycles. The number of amides is 2. The number of ether oxygens (including phenoxy) is 1. The molecule has 7 heteroatoms. The number of nitrogens with zero attached hydrogens (tertiary/aromatic N) is 1. The summed E-state index contributed by atoms with van der Waals surface area (Å²) in [5.41, 5.74) is 0. The molecule has 7 nitrogen and oxygen atoms in total. The number of esters is 1. The zero-order chi connectivity index (χ0) is 21.7. The fourth-order valence-electron chi connectivity index (χ4n) is 4.78. The first-order valence-electron chi connectivity index (χ1n) is 10.9. The van der Waals surface area contributed by atoms with E-state index in [1.807, 2.05) is 32.9 Å². The Kier molecular flexibility index (Phi) is 8.25. The van der Waals surface area contributed by atoms with Gasteiger partial charge < -0.3 is 20.1 Å². The van der Waals surface area contributed by atoms with Crippen molar-refractivity contribution in [2.75, 3.05) is 13.2 Å². The van der Waals surface area contributed by atoms with Gasteiger partial charge in [-0.1, -0.05) is 39.3 Å². The Balaban J connectivity index is 2.44. The van der Waals surface area contributed by atoms with Gasteiger partial charge in [0.1, 0.15) is 6.04 Å². The van der Waals surface area contributed by atoms with E-state index in [-0.39, 0.29) is 37.0 Å². The molecule has 2 rings (SSSR count). The third kappa shape index (κ3) is 4.65. The summed E-state index contributed by atoms with van der Waals surface area (Å²) in [5.74, 6) is -2.70. The summed E-state index contributed by atoms with van der Waals surface area (Å²) in [5, 5.41) is 12.9. The molecule has 2 N–H and O–H groups in total. The minimum absolute atomic E-state index is 0.00921. The maximum absolute atomic E-state index is 13.5. The highest BCUT2D eigenvalue weighted by atomic mass is 16.5. The molecular formula is C22H36N2O5. The molecule has 0 bridgehead atoms. The summed E-state index contributed by atoms with van der Waals surface area (Å²) in [6.45, 7) is 9.54. The van der Waals surface area contributed by atoms with Gasteiger partial charge in [-0.3, -0.25) is 14.4 Å². The normalized spacial score (nSPS) is 30.6. The number of hydrogen-bond acceptors (Lipinski definition) is 5. The topological polar surface area (TPSA) is 95.9 Å². The van der Waals surface area contributed by atoms with Crippen molar-refractivity contribution in [3.63, 3.8) is 0 Å². The van der Waals surface area contributed by atoms with E-state index in [0.717, 1.165) is 12.8 Å². The molecule has 0 aromatic heterocycles. The van der Waals surface area contributed by atoms with Crippen LogP contribution < -0.4 is 5.32 Å². The lowest BCUT2D eigenvalue weighted by Gasteiger charge is -2.33. The Bertz CT molecular complexity index is 631. The molecule has 1 saturated heterocycles. The van der Waals surface area contributed by atoms with Gasteiger partial charge in [0, 0.05) is 12.0 Å². The number of hydrogen-bond donors (Lipinski definition) is 2. The molecule has 29 heavy (non-hydrogen) atoms. The molecule has 7 atom stereocenters. The van der Waals surface area contributed by atoms with Gasteiger partial charge in [0.05, 0.1) is 31.1 Å². The van der Waals surface area contributed by atoms with Crippen LogP contribution in [0.2, 0.25) is 0 Å². The Hall–Kier alpha value is -1.89. The SMILES string of the molecule is CCCC(C)NC(=O)[C@@H]1[C@H]2C=C[C@@H](C)[C@@H](C(=O)OCC)[C@@H]2C(=O)N1[C@@H](CC)CO. The van der Waals surface area contributed by atoms with Gasteiger partial charge in [0.15, 0.2) is 0 Å². The summed E-state index contributed by atoms with van der Waals surface area (Å²) in [6.07, 6.45) is 6.13. The van der Waals surface area contributed by atoms with Crippen molar-refractivity contribution in [2.45, 2.75) is 72.0 Å². The van der Waals surface area contributed by atoms with Gasteiger partial charge in [-0.05, 0) is 32.6 Å². The zero-order valence-corrected chi connectivity index (χ0v) is 18.3. The minimum Gasteiger partial charge on any atom is -0.466 e. The number of nitrogens with one attached hydrogen (secondary N) is 1. The molecule has 0 radical (unpaired) electrons. The lowest BCUT2D eigenvalue weighted by atomic mass is 9.70. The van der Waals surface area contributed by atoms with Gasteiger partial charge in [-0.2, -0.15) is 0 Å². The molecular weight excluding hydrogens is 372 g/mol. The second-order valence-corrected chi connectivity index (χ2v) is 8.26. The van der Waals surface area contributed by atoms with Crippen molar-refractivity contribution >= 4 is 17.8 Å². The predicted molar refractivity (Wildman–Crippen MR) is 110 cm³/mol. The molecule has 0 aromatic carbocycles. The Morgan fingerprint density at radius 3 is 2.52 bits per heavy atom. The number of carbonyl (C=O) groups excluding carboxylic acids is 3. The molecule has 164 valence electrons. The number of rotatable bonds is 9. The molecule has 1 aliphatic carbocycles. The van der Waals surface area contributed by atoms with Crippen LogP contribution in [0.15, 0.2) is 12.2 Å². The smallest absolute Gasteiger partial charge is 0.310 e. The van der Waals surface area contributed by atoms with Crippen LogP contribution in [0.5, 0.6) is 0 Å². The lowest BCUT2D eigenvalue weighted by Crippen LogP contribution is -2.53. The first-order valence-corrected chi connectivity index (χ1v) is 10.9. The molecule has 1 fully saturated rings. The summed E-state index contributed by atoms with van der Waals surface area (Å²) < 4.78 is 5.26. The summed E-state index contributed by atoms with van der Waals surface area (Å²) >= 11 is 0. The highest BCUT2D eigenvalue weighted by Gasteiger charge is 2.58. The Labute approximate surface area is 173 Å². The lowest BCUT2D eigenvalue weighted by molar-refractivity contribution is -0.155. The molecule has 0 aromatic rings. The van der Waals surface area contributed by atoms with Gasteiger partial charge >= 0.3 is 5.97 Å². The fraction of sp³-hybridized carbons (Fsp3) is 0.773. The van der Waals surface area contributed by atoms with Gasteiger partial charge in [0.2, 0.25) is 11.8 Å². The highest BCUT2D eigenvalue weighted by Crippen LogP contribution is 2.45. The maximum Gasteiger partial charge on any atom is 0.310 e. The molecule has 1 unspecified atom stereocenters. The van der Waals surface area contributed by atoms with Crippen LogP contribution in [-0.2, 0) is 19.1 Å². The monoisotopic (exact) mass is 408 g/mol. The van der Waals surface area contributed by atoms with Gasteiger partial charge in [-0.15, -0.1) is 0 Å². The average molecular weight is 409 g/mol. The number of likely N-dealkylation sites (tertiary alicyclic amines) is 1. The average Bonchev–Trinajstić information content (AvgIpc) is 2.96. The second-order valence-electron chi connectivity index (χ2n) is 8.26. The fourth-order valence-corrected chi connectivity index (χ4v) is 4.78. The first-order chi connectivity index (χ1) is 13.8. The Morgan fingerprint density at radius 2 is 1.97 bits per heavy atom. The van der Waals surface area contributed by atoms with Crippen molar-refractivity contribution < 1.29 is 24.2 Å². The van der Waals surface area contributed by atoms with Gasteiger partial charge in [-0.25, -0.2) is 0 Å². The largest absolute Gasteiger partial charge is 0.466 e. The van der Waals surface area contributed by atoms with Crippen LogP contribution in [0.3, 0.4) is 0 Å². The van der Waals surface area contributed by atoms with E-state index in [0.29, 0.717) is 6.42 Å². The zero-order valence-electron chi connectivity index (χ0n) is 18.3. The molecule has 2 aliphatic rings. The van der Waals surface area contributed by atoms with E-state index in [1.54, 1.807) is 6.92 Å². The molecule has 2 amide bonds. The number of aliphatic hydroxyl groups is 1. The quantitative estimate of drug-likeness (QED) is 0.449. The van der Waals surface area contributed by atoms with E-state index in [4.69, 9.17) is 4.74 Å². The van der Waals surface area contributed by atoms with Crippen LogP contribution in [0.1, 0.15) is 53.9 Å². The number of aliphatic hydroxyl groups excluding tert-OH is 1.